The number of nitrogens with zero attached hydrogens (tertiary/aromatic N) is 2. The number of nitriles is 1. The van der Waals surface area contributed by atoms with E-state index in [4.69, 9.17) is 9.47 Å². The van der Waals surface area contributed by atoms with Gasteiger partial charge in [0.25, 0.3) is 0 Å². The Labute approximate surface area is 182 Å². The van der Waals surface area contributed by atoms with E-state index in [-0.39, 0.29) is 0 Å². The van der Waals surface area contributed by atoms with Crippen LogP contribution in [0.5, 0.6) is 11.5 Å². The van der Waals surface area contributed by atoms with Crippen molar-refractivity contribution in [2.75, 3.05) is 7.11 Å². The summed E-state index contributed by atoms with van der Waals surface area (Å²) < 4.78 is 12.3. The van der Waals surface area contributed by atoms with Crippen LogP contribution in [0.3, 0.4) is 0 Å². The van der Waals surface area contributed by atoms with Gasteiger partial charge in [0, 0.05) is 0 Å². The molecule has 1 N–H and O–H groups in total. The van der Waals surface area contributed by atoms with Crippen molar-refractivity contribution in [1.82, 2.24) is 9.97 Å². The molecule has 0 aliphatic carbocycles. The van der Waals surface area contributed by atoms with E-state index < -0.39 is 0 Å². The fourth-order valence-corrected chi connectivity index (χ4v) is 3.67. The van der Waals surface area contributed by atoms with Crippen molar-refractivity contribution < 1.29 is 9.47 Å². The molecule has 0 bridgehead atoms. The molecule has 0 aliphatic heterocycles. The van der Waals surface area contributed by atoms with Crippen molar-refractivity contribution in [2.45, 2.75) is 6.61 Å². The Balaban J connectivity index is 1.65. The molecule has 0 aliphatic rings. The van der Waals surface area contributed by atoms with Gasteiger partial charge in [-0.25, -0.2) is 4.98 Å². The predicted octanol–water partition coefficient (Wildman–Crippen LogP) is 5.98. The SMILES string of the molecule is COc1cc(C=C(C#N)c2nc3ccccc3[nH]2)cc(Br)c1OCc1ccccc1. The third kappa shape index (κ3) is 4.22. The number of H-pyrrole nitrogens is 1. The second-order valence-electron chi connectivity index (χ2n) is 6.58. The van der Waals surface area contributed by atoms with E-state index in [9.17, 15) is 5.26 Å². The highest BCUT2D eigenvalue weighted by Crippen LogP contribution is 2.38. The molecule has 148 valence electrons. The molecule has 0 saturated carbocycles. The minimum Gasteiger partial charge on any atom is -0.493 e. The number of halogens is 1. The minimum atomic E-state index is 0.424. The van der Waals surface area contributed by atoms with E-state index in [0.29, 0.717) is 29.5 Å². The lowest BCUT2D eigenvalue weighted by molar-refractivity contribution is 0.282. The number of nitrogens with one attached hydrogen (secondary N) is 1. The van der Waals surface area contributed by atoms with E-state index in [1.54, 1.807) is 13.2 Å². The van der Waals surface area contributed by atoms with E-state index in [0.717, 1.165) is 26.6 Å². The van der Waals surface area contributed by atoms with Crippen LogP contribution in [0.25, 0.3) is 22.7 Å². The molecule has 5 nitrogen and oxygen atoms in total. The van der Waals surface area contributed by atoms with Gasteiger partial charge in [0.15, 0.2) is 11.5 Å². The van der Waals surface area contributed by atoms with Crippen LogP contribution in [-0.2, 0) is 6.61 Å². The summed E-state index contributed by atoms with van der Waals surface area (Å²) in [6, 6.07) is 23.6. The standard InChI is InChI=1S/C24H18BrN3O2/c1-29-22-13-17(12-19(25)23(22)30-15-16-7-3-2-4-8-16)11-18(14-26)24-27-20-9-5-6-10-21(20)28-24/h2-13H,15H2,1H3,(H,27,28). The number of allylic oxidation sites excluding steroid dienone is 1. The molecule has 6 heteroatoms. The maximum atomic E-state index is 9.68. The van der Waals surface area contributed by atoms with Gasteiger partial charge in [-0.05, 0) is 57.4 Å². The van der Waals surface area contributed by atoms with Crippen molar-refractivity contribution in [3.8, 4) is 17.6 Å². The quantitative estimate of drug-likeness (QED) is 0.360. The number of aromatic amines is 1. The summed E-state index contributed by atoms with van der Waals surface area (Å²) in [6.45, 7) is 0.424. The molecule has 0 radical (unpaired) electrons. The maximum absolute atomic E-state index is 9.68. The highest BCUT2D eigenvalue weighted by molar-refractivity contribution is 9.10. The lowest BCUT2D eigenvalue weighted by Gasteiger charge is -2.14. The number of aromatic nitrogens is 2. The summed E-state index contributed by atoms with van der Waals surface area (Å²) in [5.74, 6) is 1.72. The number of fused-ring (bicyclic) bond motifs is 1. The third-order valence-electron chi connectivity index (χ3n) is 4.55. The first-order valence-electron chi connectivity index (χ1n) is 9.29. The number of benzene rings is 3. The Morgan fingerprint density at radius 2 is 1.90 bits per heavy atom. The van der Waals surface area contributed by atoms with Gasteiger partial charge in [-0.3, -0.25) is 0 Å². The molecule has 0 atom stereocenters. The van der Waals surface area contributed by atoms with Gasteiger partial charge in [0.05, 0.1) is 28.2 Å². The number of hydrogen-bond donors (Lipinski definition) is 1. The number of para-hydroxylation sites is 2. The molecular weight excluding hydrogens is 442 g/mol. The van der Waals surface area contributed by atoms with Crippen LogP contribution in [0.2, 0.25) is 0 Å². The normalized spacial score (nSPS) is 11.3. The predicted molar refractivity (Wildman–Crippen MR) is 121 cm³/mol. The number of imidazole rings is 1. The lowest BCUT2D eigenvalue weighted by atomic mass is 10.1. The van der Waals surface area contributed by atoms with Gasteiger partial charge in [0.1, 0.15) is 18.5 Å². The van der Waals surface area contributed by atoms with Gasteiger partial charge in [-0.2, -0.15) is 5.26 Å². The number of hydrogen-bond acceptors (Lipinski definition) is 4. The molecule has 4 aromatic rings. The van der Waals surface area contributed by atoms with Crippen LogP contribution in [0.1, 0.15) is 17.0 Å². The fourth-order valence-electron chi connectivity index (χ4n) is 3.09. The largest absolute Gasteiger partial charge is 0.493 e. The number of methoxy groups -OCH3 is 1. The average Bonchev–Trinajstić information content (AvgIpc) is 3.21. The topological polar surface area (TPSA) is 70.9 Å². The zero-order valence-electron chi connectivity index (χ0n) is 16.2. The first kappa shape index (κ1) is 19.7. The van der Waals surface area contributed by atoms with E-state index in [1.807, 2.05) is 66.7 Å². The maximum Gasteiger partial charge on any atom is 0.175 e. The average molecular weight is 460 g/mol. The number of ether oxygens (including phenoxy) is 2. The zero-order chi connectivity index (χ0) is 20.9. The molecule has 1 heterocycles. The summed E-state index contributed by atoms with van der Waals surface area (Å²) in [7, 11) is 1.59. The molecule has 4 rings (SSSR count). The van der Waals surface area contributed by atoms with Crippen LogP contribution in [0.4, 0.5) is 0 Å². The van der Waals surface area contributed by atoms with Gasteiger partial charge >= 0.3 is 0 Å². The fraction of sp³-hybridized carbons (Fsp3) is 0.0833. The summed E-state index contributed by atoms with van der Waals surface area (Å²) in [5.41, 5.74) is 3.99. The first-order valence-corrected chi connectivity index (χ1v) is 10.1. The lowest BCUT2D eigenvalue weighted by Crippen LogP contribution is -1.99. The Bertz CT molecular complexity index is 1220. The Morgan fingerprint density at radius 3 is 2.63 bits per heavy atom. The van der Waals surface area contributed by atoms with E-state index in [1.165, 1.54) is 0 Å². The minimum absolute atomic E-state index is 0.424. The Kier molecular flexibility index (Phi) is 5.82. The van der Waals surface area contributed by atoms with Gasteiger partial charge in [-0.1, -0.05) is 42.5 Å². The summed E-state index contributed by atoms with van der Waals surface area (Å²) >= 11 is 3.57. The third-order valence-corrected chi connectivity index (χ3v) is 5.14. The second kappa shape index (κ2) is 8.85. The molecule has 0 amide bonds. The van der Waals surface area contributed by atoms with Crippen LogP contribution >= 0.6 is 15.9 Å². The van der Waals surface area contributed by atoms with Gasteiger partial charge in [0.2, 0.25) is 0 Å². The molecule has 0 saturated heterocycles. The van der Waals surface area contributed by atoms with Crippen LogP contribution < -0.4 is 9.47 Å². The zero-order valence-corrected chi connectivity index (χ0v) is 17.8. The van der Waals surface area contributed by atoms with Crippen LogP contribution in [-0.4, -0.2) is 17.1 Å². The monoisotopic (exact) mass is 459 g/mol. The first-order chi connectivity index (χ1) is 14.7. The molecular formula is C24H18BrN3O2. The van der Waals surface area contributed by atoms with Crippen molar-refractivity contribution in [2.24, 2.45) is 0 Å². The summed E-state index contributed by atoms with van der Waals surface area (Å²) in [6.07, 6.45) is 1.77. The van der Waals surface area contributed by atoms with Crippen molar-refractivity contribution in [3.05, 3.63) is 88.2 Å². The molecule has 0 fully saturated rings. The van der Waals surface area contributed by atoms with Crippen molar-refractivity contribution >= 4 is 38.6 Å². The van der Waals surface area contributed by atoms with Gasteiger partial charge < -0.3 is 14.5 Å². The molecule has 3 aromatic carbocycles. The summed E-state index contributed by atoms with van der Waals surface area (Å²) in [4.78, 5) is 7.70. The highest BCUT2D eigenvalue weighted by atomic mass is 79.9. The summed E-state index contributed by atoms with van der Waals surface area (Å²) in [5, 5.41) is 9.68. The van der Waals surface area contributed by atoms with Crippen LogP contribution in [0.15, 0.2) is 71.2 Å². The van der Waals surface area contributed by atoms with Gasteiger partial charge in [-0.15, -0.1) is 0 Å². The molecule has 0 spiro atoms. The van der Waals surface area contributed by atoms with Crippen LogP contribution in [0, 0.1) is 11.3 Å². The smallest absolute Gasteiger partial charge is 0.175 e. The highest BCUT2D eigenvalue weighted by Gasteiger charge is 2.13. The Hall–Kier alpha value is -3.56. The van der Waals surface area contributed by atoms with Crippen molar-refractivity contribution in [3.63, 3.8) is 0 Å². The number of rotatable bonds is 6. The molecule has 30 heavy (non-hydrogen) atoms. The Morgan fingerprint density at radius 1 is 1.13 bits per heavy atom. The van der Waals surface area contributed by atoms with E-state index in [2.05, 4.69) is 32.0 Å². The molecule has 0 unspecified atom stereocenters. The van der Waals surface area contributed by atoms with E-state index >= 15 is 0 Å². The van der Waals surface area contributed by atoms with Crippen molar-refractivity contribution in [1.29, 1.82) is 5.26 Å². The second-order valence-corrected chi connectivity index (χ2v) is 7.44. The molecule has 1 aromatic heterocycles.